The molecule has 1 fully saturated rings. The summed E-state index contributed by atoms with van der Waals surface area (Å²) in [5, 5.41) is 5.13. The summed E-state index contributed by atoms with van der Waals surface area (Å²) in [7, 11) is 0.204. The maximum Gasteiger partial charge on any atom is 0.282 e. The third-order valence-electron chi connectivity index (χ3n) is 4.17. The molecule has 2 unspecified atom stereocenters. The van der Waals surface area contributed by atoms with Crippen LogP contribution in [0.2, 0.25) is 0 Å². The summed E-state index contributed by atoms with van der Waals surface area (Å²) in [6.07, 6.45) is 2.03. The zero-order valence-corrected chi connectivity index (χ0v) is 14.6. The molecule has 0 saturated carbocycles. The Hall–Kier alpha value is -0.470. The van der Waals surface area contributed by atoms with E-state index < -0.39 is 10.2 Å². The van der Waals surface area contributed by atoms with Crippen LogP contribution < -0.4 is 5.32 Å². The van der Waals surface area contributed by atoms with Crippen LogP contribution in [0.1, 0.15) is 30.7 Å². The Balaban J connectivity index is 2.09. The van der Waals surface area contributed by atoms with Gasteiger partial charge in [-0.2, -0.15) is 17.0 Å². The second-order valence-corrected chi connectivity index (χ2v) is 8.61. The van der Waals surface area contributed by atoms with Crippen LogP contribution in [0.15, 0.2) is 17.5 Å². The molecule has 1 aromatic heterocycles. The first-order valence-electron chi connectivity index (χ1n) is 7.38. The quantitative estimate of drug-likeness (QED) is 0.866. The Bertz CT molecular complexity index is 528. The highest BCUT2D eigenvalue weighted by Gasteiger charge is 2.34. The van der Waals surface area contributed by atoms with Crippen LogP contribution in [0.3, 0.4) is 0 Å². The molecule has 1 N–H and O–H groups in total. The molecule has 21 heavy (non-hydrogen) atoms. The molecular formula is C14H25N3O2S2. The van der Waals surface area contributed by atoms with E-state index in [0.717, 1.165) is 24.3 Å². The molecule has 0 aliphatic carbocycles. The van der Waals surface area contributed by atoms with E-state index in [-0.39, 0.29) is 6.04 Å². The third kappa shape index (κ3) is 3.84. The zero-order chi connectivity index (χ0) is 15.5. The average Bonchev–Trinajstić information content (AvgIpc) is 3.00. The zero-order valence-electron chi connectivity index (χ0n) is 12.9. The lowest BCUT2D eigenvalue weighted by Gasteiger charge is -2.36. The minimum absolute atomic E-state index is 0.125. The lowest BCUT2D eigenvalue weighted by molar-refractivity contribution is 0.242. The highest BCUT2D eigenvalue weighted by molar-refractivity contribution is 7.86. The van der Waals surface area contributed by atoms with Crippen molar-refractivity contribution in [2.24, 2.45) is 5.92 Å². The summed E-state index contributed by atoms with van der Waals surface area (Å²) in [6, 6.07) is 3.82. The Morgan fingerprint density at radius 2 is 2.33 bits per heavy atom. The van der Waals surface area contributed by atoms with Crippen molar-refractivity contribution in [3.05, 3.63) is 22.4 Å². The maximum absolute atomic E-state index is 12.8. The first-order valence-corrected chi connectivity index (χ1v) is 9.65. The summed E-state index contributed by atoms with van der Waals surface area (Å²) in [4.78, 5) is 1.07. The number of thiophene rings is 1. The number of hydrogen-bond donors (Lipinski definition) is 1. The van der Waals surface area contributed by atoms with Gasteiger partial charge in [0.2, 0.25) is 0 Å². The highest BCUT2D eigenvalue weighted by atomic mass is 32.2. The van der Waals surface area contributed by atoms with Gasteiger partial charge in [-0.1, -0.05) is 6.07 Å². The van der Waals surface area contributed by atoms with E-state index in [1.54, 1.807) is 22.7 Å². The summed E-state index contributed by atoms with van der Waals surface area (Å²) in [5.74, 6) is 0.406. The molecule has 0 bridgehead atoms. The second kappa shape index (κ2) is 7.19. The molecule has 1 saturated heterocycles. The van der Waals surface area contributed by atoms with Crippen molar-refractivity contribution in [2.45, 2.75) is 25.8 Å². The highest BCUT2D eigenvalue weighted by Crippen LogP contribution is 2.28. The minimum atomic E-state index is -3.39. The molecule has 5 nitrogen and oxygen atoms in total. The fraction of sp³-hybridized carbons (Fsp3) is 0.714. The Morgan fingerprint density at radius 3 is 2.95 bits per heavy atom. The monoisotopic (exact) mass is 331 g/mol. The van der Waals surface area contributed by atoms with Crippen LogP contribution in [-0.4, -0.2) is 50.8 Å². The van der Waals surface area contributed by atoms with Crippen LogP contribution in [0.25, 0.3) is 0 Å². The van der Waals surface area contributed by atoms with E-state index in [1.165, 1.54) is 4.31 Å². The van der Waals surface area contributed by atoms with Crippen molar-refractivity contribution in [1.82, 2.24) is 13.9 Å². The molecule has 1 aromatic rings. The van der Waals surface area contributed by atoms with Crippen LogP contribution in [0.5, 0.6) is 0 Å². The molecule has 1 aliphatic rings. The van der Waals surface area contributed by atoms with Gasteiger partial charge in [0.05, 0.1) is 6.04 Å². The van der Waals surface area contributed by atoms with Crippen LogP contribution >= 0.6 is 11.3 Å². The topological polar surface area (TPSA) is 52.7 Å². The summed E-state index contributed by atoms with van der Waals surface area (Å²) < 4.78 is 28.8. The molecule has 1 aliphatic heterocycles. The van der Waals surface area contributed by atoms with Gasteiger partial charge in [0.25, 0.3) is 10.2 Å². The minimum Gasteiger partial charge on any atom is -0.319 e. The average molecular weight is 332 g/mol. The molecule has 2 heterocycles. The maximum atomic E-state index is 12.8. The van der Waals surface area contributed by atoms with E-state index >= 15 is 0 Å². The molecule has 0 aromatic carbocycles. The Morgan fingerprint density at radius 1 is 1.57 bits per heavy atom. The van der Waals surface area contributed by atoms with Crippen molar-refractivity contribution in [1.29, 1.82) is 0 Å². The molecule has 7 heteroatoms. The molecule has 2 rings (SSSR count). The summed E-state index contributed by atoms with van der Waals surface area (Å²) >= 11 is 1.60. The van der Waals surface area contributed by atoms with Crippen LogP contribution in [0, 0.1) is 5.92 Å². The fourth-order valence-electron chi connectivity index (χ4n) is 2.78. The van der Waals surface area contributed by atoms with Gasteiger partial charge in [-0.25, -0.2) is 0 Å². The van der Waals surface area contributed by atoms with Gasteiger partial charge in [0.1, 0.15) is 0 Å². The van der Waals surface area contributed by atoms with Crippen molar-refractivity contribution in [3.8, 4) is 0 Å². The number of nitrogens with one attached hydrogen (secondary N) is 1. The predicted molar refractivity (Wildman–Crippen MR) is 87.6 cm³/mol. The number of hydrogen-bond acceptors (Lipinski definition) is 4. The van der Waals surface area contributed by atoms with Gasteiger partial charge < -0.3 is 5.32 Å². The van der Waals surface area contributed by atoms with Gasteiger partial charge in [-0.05, 0) is 50.7 Å². The lowest BCUT2D eigenvalue weighted by atomic mass is 10.00. The predicted octanol–water partition coefficient (Wildman–Crippen LogP) is 1.92. The van der Waals surface area contributed by atoms with Crippen LogP contribution in [-0.2, 0) is 10.2 Å². The van der Waals surface area contributed by atoms with E-state index in [2.05, 4.69) is 5.32 Å². The summed E-state index contributed by atoms with van der Waals surface area (Å²) in [6.45, 7) is 4.06. The first-order chi connectivity index (χ1) is 9.96. The SMILES string of the molecule is CNCC1CCCN(S(=O)(=O)N(C)C(C)c2cccs2)C1. The largest absolute Gasteiger partial charge is 0.319 e. The van der Waals surface area contributed by atoms with E-state index in [1.807, 2.05) is 31.5 Å². The second-order valence-electron chi connectivity index (χ2n) is 5.64. The summed E-state index contributed by atoms with van der Waals surface area (Å²) in [5.41, 5.74) is 0. The molecule has 0 radical (unpaired) electrons. The number of rotatable bonds is 6. The van der Waals surface area contributed by atoms with Crippen molar-refractivity contribution in [3.63, 3.8) is 0 Å². The number of piperidine rings is 1. The van der Waals surface area contributed by atoms with Gasteiger partial charge in [-0.15, -0.1) is 11.3 Å². The molecule has 120 valence electrons. The third-order valence-corrected chi connectivity index (χ3v) is 7.24. The normalized spacial score (nSPS) is 22.6. The van der Waals surface area contributed by atoms with Crippen molar-refractivity contribution < 1.29 is 8.42 Å². The van der Waals surface area contributed by atoms with E-state index in [4.69, 9.17) is 0 Å². The van der Waals surface area contributed by atoms with Gasteiger partial charge in [0, 0.05) is 25.0 Å². The fourth-order valence-corrected chi connectivity index (χ4v) is 5.31. The molecular weight excluding hydrogens is 306 g/mol. The molecule has 0 spiro atoms. The number of nitrogens with zero attached hydrogens (tertiary/aromatic N) is 2. The Kier molecular flexibility index (Phi) is 5.79. The molecule has 0 amide bonds. The van der Waals surface area contributed by atoms with Gasteiger partial charge in [0.15, 0.2) is 0 Å². The lowest BCUT2D eigenvalue weighted by Crippen LogP contribution is -2.48. The van der Waals surface area contributed by atoms with Gasteiger partial charge >= 0.3 is 0 Å². The van der Waals surface area contributed by atoms with Crippen molar-refractivity contribution >= 4 is 21.5 Å². The van der Waals surface area contributed by atoms with E-state index in [9.17, 15) is 8.42 Å². The standard InChI is InChI=1S/C14H25N3O2S2/c1-12(14-7-5-9-20-14)16(3)21(18,19)17-8-4-6-13(11-17)10-15-2/h5,7,9,12-13,15H,4,6,8,10-11H2,1-3H3. The first kappa shape index (κ1) is 16.9. The van der Waals surface area contributed by atoms with Gasteiger partial charge in [-0.3, -0.25) is 0 Å². The van der Waals surface area contributed by atoms with Crippen molar-refractivity contribution in [2.75, 3.05) is 33.7 Å². The van der Waals surface area contributed by atoms with E-state index in [0.29, 0.717) is 19.0 Å². The smallest absolute Gasteiger partial charge is 0.282 e. The van der Waals surface area contributed by atoms with Crippen LogP contribution in [0.4, 0.5) is 0 Å². The molecule has 2 atom stereocenters. The Labute approximate surface area is 132 Å².